The first-order valence-electron chi connectivity index (χ1n) is 10.2. The Morgan fingerprint density at radius 3 is 2.70 bits per heavy atom. The number of hydrogen-bond acceptors (Lipinski definition) is 5. The lowest BCUT2D eigenvalue weighted by atomic mass is 10.1. The lowest BCUT2D eigenvalue weighted by Gasteiger charge is -2.11. The average Bonchev–Trinajstić information content (AvgIpc) is 3.34. The van der Waals surface area contributed by atoms with Crippen molar-refractivity contribution in [2.24, 2.45) is 5.10 Å². The number of hydrazone groups is 1. The molecule has 2 aromatic carbocycles. The molecule has 8 heteroatoms. The van der Waals surface area contributed by atoms with E-state index < -0.39 is 5.97 Å². The molecule has 6 nitrogen and oxygen atoms in total. The van der Waals surface area contributed by atoms with Crippen LogP contribution in [0.15, 0.2) is 74.2 Å². The predicted molar refractivity (Wildman–Crippen MR) is 132 cm³/mol. The Morgan fingerprint density at radius 2 is 1.97 bits per heavy atom. The minimum absolute atomic E-state index is 0.242. The largest absolute Gasteiger partial charge is 0.459 e. The molecular weight excluding hydrogens is 508 g/mol. The van der Waals surface area contributed by atoms with Crippen molar-refractivity contribution < 1.29 is 18.7 Å². The third-order valence-electron chi connectivity index (χ3n) is 4.84. The van der Waals surface area contributed by atoms with E-state index >= 15 is 0 Å². The van der Waals surface area contributed by atoms with Crippen LogP contribution in [-0.4, -0.2) is 23.7 Å². The molecule has 0 N–H and O–H groups in total. The summed E-state index contributed by atoms with van der Waals surface area (Å²) in [5, 5.41) is 6.05. The number of rotatable bonds is 5. The number of halogens is 2. The molecule has 3 aromatic rings. The van der Waals surface area contributed by atoms with Crippen LogP contribution >= 0.6 is 27.5 Å². The number of carbonyl (C=O) groups excluding carboxylic acids is 2. The van der Waals surface area contributed by atoms with Gasteiger partial charge in [-0.2, -0.15) is 10.1 Å². The molecule has 0 atom stereocenters. The molecule has 0 saturated heterocycles. The van der Waals surface area contributed by atoms with E-state index in [1.807, 2.05) is 24.3 Å². The minimum atomic E-state index is -0.498. The summed E-state index contributed by atoms with van der Waals surface area (Å²) in [6.07, 6.45) is 1.40. The van der Waals surface area contributed by atoms with Crippen molar-refractivity contribution in [1.29, 1.82) is 0 Å². The highest BCUT2D eigenvalue weighted by Crippen LogP contribution is 2.30. The van der Waals surface area contributed by atoms with Gasteiger partial charge in [0.1, 0.15) is 11.5 Å². The first-order chi connectivity index (χ1) is 15.7. The average molecular weight is 528 g/mol. The Morgan fingerprint density at radius 1 is 1.18 bits per heavy atom. The summed E-state index contributed by atoms with van der Waals surface area (Å²) in [6, 6.07) is 15.9. The SMILES string of the molecule is CC1=NN(c2cccc(Br)c2)C(=O)C1=Cc1ccc(-c2ccc(Cl)c(C(=O)OC(C)C)c2)o1. The van der Waals surface area contributed by atoms with Gasteiger partial charge in [-0.15, -0.1) is 0 Å². The summed E-state index contributed by atoms with van der Waals surface area (Å²) < 4.78 is 12.1. The van der Waals surface area contributed by atoms with Gasteiger partial charge in [-0.1, -0.05) is 33.6 Å². The highest BCUT2D eigenvalue weighted by molar-refractivity contribution is 9.10. The molecule has 1 aliphatic heterocycles. The minimum Gasteiger partial charge on any atom is -0.459 e. The molecule has 0 fully saturated rings. The van der Waals surface area contributed by atoms with E-state index in [9.17, 15) is 9.59 Å². The van der Waals surface area contributed by atoms with Crippen molar-refractivity contribution >= 4 is 56.9 Å². The van der Waals surface area contributed by atoms with E-state index in [0.717, 1.165) is 4.47 Å². The smallest absolute Gasteiger partial charge is 0.339 e. The number of esters is 1. The van der Waals surface area contributed by atoms with Gasteiger partial charge in [0.25, 0.3) is 5.91 Å². The molecule has 1 aromatic heterocycles. The van der Waals surface area contributed by atoms with Crippen molar-refractivity contribution in [3.05, 3.63) is 81.0 Å². The first kappa shape index (κ1) is 23.0. The van der Waals surface area contributed by atoms with E-state index in [0.29, 0.717) is 39.1 Å². The first-order valence-corrected chi connectivity index (χ1v) is 11.4. The maximum Gasteiger partial charge on any atom is 0.339 e. The number of nitrogens with zero attached hydrogens (tertiary/aromatic N) is 2. The van der Waals surface area contributed by atoms with Gasteiger partial charge in [0.15, 0.2) is 0 Å². The van der Waals surface area contributed by atoms with Gasteiger partial charge in [0.2, 0.25) is 0 Å². The van der Waals surface area contributed by atoms with Crippen molar-refractivity contribution in [2.45, 2.75) is 26.9 Å². The molecule has 1 amide bonds. The van der Waals surface area contributed by atoms with Crippen LogP contribution in [-0.2, 0) is 9.53 Å². The van der Waals surface area contributed by atoms with Crippen LogP contribution in [0.25, 0.3) is 17.4 Å². The van der Waals surface area contributed by atoms with Gasteiger partial charge in [-0.3, -0.25) is 4.79 Å². The molecule has 0 unspecified atom stereocenters. The molecule has 1 aliphatic rings. The lowest BCUT2D eigenvalue weighted by molar-refractivity contribution is -0.114. The molecule has 4 rings (SSSR count). The van der Waals surface area contributed by atoms with Gasteiger partial charge in [0, 0.05) is 10.0 Å². The molecule has 0 saturated carbocycles. The van der Waals surface area contributed by atoms with Crippen LogP contribution < -0.4 is 5.01 Å². The van der Waals surface area contributed by atoms with Crippen LogP contribution in [0.5, 0.6) is 0 Å². The zero-order chi connectivity index (χ0) is 23.7. The number of amides is 1. The molecule has 33 heavy (non-hydrogen) atoms. The Bertz CT molecular complexity index is 1310. The number of hydrogen-bond donors (Lipinski definition) is 0. The van der Waals surface area contributed by atoms with Crippen molar-refractivity contribution in [1.82, 2.24) is 0 Å². The van der Waals surface area contributed by atoms with E-state index in [2.05, 4.69) is 21.0 Å². The van der Waals surface area contributed by atoms with E-state index in [4.69, 9.17) is 20.8 Å². The maximum atomic E-state index is 13.0. The third-order valence-corrected chi connectivity index (χ3v) is 5.67. The number of benzene rings is 2. The number of ether oxygens (including phenoxy) is 1. The zero-order valence-electron chi connectivity index (χ0n) is 18.1. The Labute approximate surface area is 204 Å². The third kappa shape index (κ3) is 4.94. The highest BCUT2D eigenvalue weighted by Gasteiger charge is 2.29. The van der Waals surface area contributed by atoms with Crippen LogP contribution in [0.4, 0.5) is 5.69 Å². The summed E-state index contributed by atoms with van der Waals surface area (Å²) in [5.41, 5.74) is 2.62. The summed E-state index contributed by atoms with van der Waals surface area (Å²) in [6.45, 7) is 5.32. The monoisotopic (exact) mass is 526 g/mol. The van der Waals surface area contributed by atoms with Crippen LogP contribution in [0.1, 0.15) is 36.9 Å². The predicted octanol–water partition coefficient (Wildman–Crippen LogP) is 6.73. The van der Waals surface area contributed by atoms with Crippen LogP contribution in [0.3, 0.4) is 0 Å². The van der Waals surface area contributed by atoms with Gasteiger partial charge in [-0.25, -0.2) is 4.79 Å². The Hall–Kier alpha value is -3.16. The molecular formula is C25H20BrClN2O4. The Balaban J connectivity index is 1.60. The van der Waals surface area contributed by atoms with Crippen molar-refractivity contribution in [2.75, 3.05) is 5.01 Å². The second-order valence-electron chi connectivity index (χ2n) is 7.69. The topological polar surface area (TPSA) is 72.1 Å². The van der Waals surface area contributed by atoms with Crippen molar-refractivity contribution in [3.8, 4) is 11.3 Å². The molecule has 0 bridgehead atoms. The summed E-state index contributed by atoms with van der Waals surface area (Å²) in [7, 11) is 0. The van der Waals surface area contributed by atoms with Crippen LogP contribution in [0.2, 0.25) is 5.02 Å². The standard InChI is InChI=1S/C25H20BrClN2O4/c1-14(2)32-25(31)21-11-16(7-9-22(21)27)23-10-8-19(33-23)13-20-15(3)28-29(24(20)30)18-6-4-5-17(26)12-18/h4-14H,1-3H3. The van der Waals surface area contributed by atoms with Crippen LogP contribution in [0, 0.1) is 0 Å². The normalized spacial score (nSPS) is 14.8. The molecule has 0 aliphatic carbocycles. The Kier molecular flexibility index (Phi) is 6.54. The van der Waals surface area contributed by atoms with Gasteiger partial charge >= 0.3 is 5.97 Å². The van der Waals surface area contributed by atoms with Crippen molar-refractivity contribution in [3.63, 3.8) is 0 Å². The number of carbonyl (C=O) groups is 2. The fraction of sp³-hybridized carbons (Fsp3) is 0.160. The highest BCUT2D eigenvalue weighted by atomic mass is 79.9. The fourth-order valence-corrected chi connectivity index (χ4v) is 3.89. The van der Waals surface area contributed by atoms with Gasteiger partial charge in [0.05, 0.1) is 33.7 Å². The lowest BCUT2D eigenvalue weighted by Crippen LogP contribution is -2.21. The zero-order valence-corrected chi connectivity index (χ0v) is 20.5. The molecule has 0 radical (unpaired) electrons. The molecule has 0 spiro atoms. The maximum absolute atomic E-state index is 13.0. The second-order valence-corrected chi connectivity index (χ2v) is 9.01. The number of furan rings is 1. The van der Waals surface area contributed by atoms with E-state index in [1.165, 1.54) is 5.01 Å². The summed E-state index contributed by atoms with van der Waals surface area (Å²) >= 11 is 9.60. The van der Waals surface area contributed by atoms with E-state index in [1.54, 1.807) is 57.2 Å². The summed E-state index contributed by atoms with van der Waals surface area (Å²) in [4.78, 5) is 25.3. The molecule has 2 heterocycles. The van der Waals surface area contributed by atoms with E-state index in [-0.39, 0.29) is 17.6 Å². The number of anilines is 1. The molecule has 168 valence electrons. The van der Waals surface area contributed by atoms with Gasteiger partial charge < -0.3 is 9.15 Å². The quantitative estimate of drug-likeness (QED) is 0.272. The summed E-state index contributed by atoms with van der Waals surface area (Å²) in [5.74, 6) is 0.275. The second kappa shape index (κ2) is 9.37. The fourth-order valence-electron chi connectivity index (χ4n) is 3.31. The van der Waals surface area contributed by atoms with Gasteiger partial charge in [-0.05, 0) is 75.4 Å².